The Bertz CT molecular complexity index is 784. The van der Waals surface area contributed by atoms with E-state index in [0.29, 0.717) is 19.4 Å². The molecule has 0 aliphatic rings. The lowest BCUT2D eigenvalue weighted by molar-refractivity contribution is 0.280. The molecule has 0 aromatic heterocycles. The molecular formula is C21H27NO3S. The van der Waals surface area contributed by atoms with Gasteiger partial charge in [-0.1, -0.05) is 61.9 Å². The summed E-state index contributed by atoms with van der Waals surface area (Å²) in [4.78, 5) is 0.280. The summed E-state index contributed by atoms with van der Waals surface area (Å²) in [5.74, 6) is 0. The van der Waals surface area contributed by atoms with Crippen LogP contribution >= 0.6 is 0 Å². The van der Waals surface area contributed by atoms with Gasteiger partial charge < -0.3 is 5.11 Å². The Morgan fingerprint density at radius 2 is 1.62 bits per heavy atom. The Balaban J connectivity index is 2.23. The first-order chi connectivity index (χ1) is 12.6. The first-order valence-corrected chi connectivity index (χ1v) is 10.5. The molecule has 0 amide bonds. The number of aliphatic hydroxyl groups excluding tert-OH is 1. The maximum Gasteiger partial charge on any atom is 0.263 e. The topological polar surface area (TPSA) is 57.6 Å². The molecule has 0 saturated heterocycles. The summed E-state index contributed by atoms with van der Waals surface area (Å²) in [6, 6.07) is 16.9. The summed E-state index contributed by atoms with van der Waals surface area (Å²) < 4.78 is 27.3. The molecule has 26 heavy (non-hydrogen) atoms. The second kappa shape index (κ2) is 10.1. The van der Waals surface area contributed by atoms with Gasteiger partial charge in [0.05, 0.1) is 4.90 Å². The predicted molar refractivity (Wildman–Crippen MR) is 106 cm³/mol. The summed E-state index contributed by atoms with van der Waals surface area (Å²) in [6.07, 6.45) is 6.54. The van der Waals surface area contributed by atoms with Gasteiger partial charge >= 0.3 is 0 Å². The highest BCUT2D eigenvalue weighted by molar-refractivity contribution is 7.89. The third-order valence-electron chi connectivity index (χ3n) is 4.08. The van der Waals surface area contributed by atoms with Crippen LogP contribution in [0.15, 0.2) is 71.8 Å². The van der Waals surface area contributed by atoms with Crippen LogP contribution in [0, 0.1) is 0 Å². The van der Waals surface area contributed by atoms with Crippen molar-refractivity contribution in [3.05, 3.63) is 66.9 Å². The number of aliphatic hydroxyl groups is 1. The molecule has 0 spiro atoms. The minimum absolute atomic E-state index is 0.0678. The maximum atomic E-state index is 13.0. The lowest BCUT2D eigenvalue weighted by atomic mass is 10.1. The van der Waals surface area contributed by atoms with Gasteiger partial charge in [-0.15, -0.1) is 0 Å². The van der Waals surface area contributed by atoms with Crippen LogP contribution in [-0.2, 0) is 10.0 Å². The maximum absolute atomic E-state index is 13.0. The van der Waals surface area contributed by atoms with Crippen LogP contribution in [0.1, 0.15) is 32.6 Å². The van der Waals surface area contributed by atoms with Crippen molar-refractivity contribution in [2.75, 3.05) is 13.2 Å². The van der Waals surface area contributed by atoms with E-state index in [1.54, 1.807) is 18.3 Å². The Morgan fingerprint density at radius 1 is 0.962 bits per heavy atom. The van der Waals surface area contributed by atoms with Crippen molar-refractivity contribution in [2.24, 2.45) is 0 Å². The van der Waals surface area contributed by atoms with Crippen LogP contribution in [-0.4, -0.2) is 31.0 Å². The van der Waals surface area contributed by atoms with Crippen LogP contribution < -0.4 is 0 Å². The molecule has 2 aromatic carbocycles. The van der Waals surface area contributed by atoms with Crippen molar-refractivity contribution in [2.45, 2.75) is 37.5 Å². The first kappa shape index (κ1) is 20.2. The molecule has 0 unspecified atom stereocenters. The van der Waals surface area contributed by atoms with E-state index < -0.39 is 10.0 Å². The number of sulfonamides is 1. The van der Waals surface area contributed by atoms with E-state index in [-0.39, 0.29) is 11.5 Å². The Kier molecular flexibility index (Phi) is 7.88. The van der Waals surface area contributed by atoms with Crippen molar-refractivity contribution in [3.63, 3.8) is 0 Å². The summed E-state index contributed by atoms with van der Waals surface area (Å²) in [7, 11) is -3.60. The van der Waals surface area contributed by atoms with Gasteiger partial charge in [0, 0.05) is 19.4 Å². The smallest absolute Gasteiger partial charge is 0.263 e. The van der Waals surface area contributed by atoms with E-state index in [2.05, 4.69) is 6.92 Å². The minimum atomic E-state index is -3.60. The van der Waals surface area contributed by atoms with Gasteiger partial charge in [-0.25, -0.2) is 8.42 Å². The van der Waals surface area contributed by atoms with Crippen LogP contribution in [0.2, 0.25) is 0 Å². The van der Waals surface area contributed by atoms with Crippen molar-refractivity contribution < 1.29 is 13.5 Å². The molecule has 0 aliphatic heterocycles. The van der Waals surface area contributed by atoms with Gasteiger partial charge in [-0.3, -0.25) is 4.31 Å². The summed E-state index contributed by atoms with van der Waals surface area (Å²) >= 11 is 0. The minimum Gasteiger partial charge on any atom is -0.396 e. The number of allylic oxidation sites excluding steroid dienone is 1. The molecule has 0 radical (unpaired) electrons. The highest BCUT2D eigenvalue weighted by Crippen LogP contribution is 2.23. The van der Waals surface area contributed by atoms with Gasteiger partial charge in [-0.2, -0.15) is 0 Å². The summed E-state index contributed by atoms with van der Waals surface area (Å²) in [5, 5.41) is 8.97. The average molecular weight is 374 g/mol. The van der Waals surface area contributed by atoms with Gasteiger partial charge in [-0.05, 0) is 42.5 Å². The van der Waals surface area contributed by atoms with Crippen molar-refractivity contribution in [3.8, 4) is 11.1 Å². The van der Waals surface area contributed by atoms with E-state index in [4.69, 9.17) is 5.11 Å². The molecule has 0 aliphatic carbocycles. The van der Waals surface area contributed by atoms with E-state index in [1.165, 1.54) is 4.31 Å². The zero-order valence-electron chi connectivity index (χ0n) is 15.2. The molecule has 0 heterocycles. The average Bonchev–Trinajstić information content (AvgIpc) is 2.68. The second-order valence-electron chi connectivity index (χ2n) is 6.11. The zero-order valence-corrected chi connectivity index (χ0v) is 16.0. The van der Waals surface area contributed by atoms with E-state index in [9.17, 15) is 8.42 Å². The fraction of sp³-hybridized carbons (Fsp3) is 0.333. The molecule has 0 atom stereocenters. The third-order valence-corrected chi connectivity index (χ3v) is 5.87. The van der Waals surface area contributed by atoms with E-state index in [1.807, 2.05) is 48.5 Å². The van der Waals surface area contributed by atoms with Crippen LogP contribution in [0.5, 0.6) is 0 Å². The molecular weight excluding hydrogens is 346 g/mol. The van der Waals surface area contributed by atoms with Crippen molar-refractivity contribution in [1.82, 2.24) is 4.31 Å². The lowest BCUT2D eigenvalue weighted by Gasteiger charge is -2.20. The van der Waals surface area contributed by atoms with Crippen molar-refractivity contribution >= 4 is 10.0 Å². The molecule has 5 heteroatoms. The largest absolute Gasteiger partial charge is 0.396 e. The Hall–Kier alpha value is -2.11. The monoisotopic (exact) mass is 373 g/mol. The van der Waals surface area contributed by atoms with E-state index >= 15 is 0 Å². The first-order valence-electron chi connectivity index (χ1n) is 9.04. The fourth-order valence-electron chi connectivity index (χ4n) is 2.60. The zero-order chi connectivity index (χ0) is 18.8. The number of hydrogen-bond donors (Lipinski definition) is 1. The van der Waals surface area contributed by atoms with Gasteiger partial charge in [0.1, 0.15) is 0 Å². The molecule has 1 N–H and O–H groups in total. The number of rotatable bonds is 10. The standard InChI is InChI=1S/C21H27NO3S/c1-2-3-7-16-22(17-8-9-18-23)26(24,25)21-14-12-20(13-15-21)19-10-5-4-6-11-19/h4-7,10-16,23H,2-3,8-9,17-18H2,1H3/b16-7+. The number of benzene rings is 2. The fourth-order valence-corrected chi connectivity index (χ4v) is 3.96. The number of nitrogens with zero attached hydrogens (tertiary/aromatic N) is 1. The highest BCUT2D eigenvalue weighted by Gasteiger charge is 2.21. The molecule has 0 saturated carbocycles. The van der Waals surface area contributed by atoms with Gasteiger partial charge in [0.2, 0.25) is 0 Å². The van der Waals surface area contributed by atoms with Gasteiger partial charge in [0.25, 0.3) is 10.0 Å². The SMILES string of the molecule is CCC/C=C/N(CCCCO)S(=O)(=O)c1ccc(-c2ccccc2)cc1. The predicted octanol–water partition coefficient (Wildman–Crippen LogP) is 4.43. The molecule has 140 valence electrons. The number of hydrogen-bond acceptors (Lipinski definition) is 3. The number of unbranched alkanes of at least 4 members (excludes halogenated alkanes) is 2. The summed E-state index contributed by atoms with van der Waals surface area (Å²) in [6.45, 7) is 2.49. The highest BCUT2D eigenvalue weighted by atomic mass is 32.2. The van der Waals surface area contributed by atoms with Crippen LogP contribution in [0.4, 0.5) is 0 Å². The van der Waals surface area contributed by atoms with Crippen LogP contribution in [0.25, 0.3) is 11.1 Å². The Labute approximate surface area is 156 Å². The third kappa shape index (κ3) is 5.44. The second-order valence-corrected chi connectivity index (χ2v) is 8.00. The normalized spacial score (nSPS) is 11.8. The van der Waals surface area contributed by atoms with E-state index in [0.717, 1.165) is 24.0 Å². The quantitative estimate of drug-likeness (QED) is 0.627. The lowest BCUT2D eigenvalue weighted by Crippen LogP contribution is -2.27. The molecule has 0 bridgehead atoms. The van der Waals surface area contributed by atoms with Gasteiger partial charge in [0.15, 0.2) is 0 Å². The molecule has 0 fully saturated rings. The van der Waals surface area contributed by atoms with Crippen molar-refractivity contribution in [1.29, 1.82) is 0 Å². The molecule has 2 rings (SSSR count). The molecule has 2 aromatic rings. The Morgan fingerprint density at radius 3 is 2.23 bits per heavy atom. The molecule has 4 nitrogen and oxygen atoms in total. The van der Waals surface area contributed by atoms with Crippen LogP contribution in [0.3, 0.4) is 0 Å². The summed E-state index contributed by atoms with van der Waals surface area (Å²) in [5.41, 5.74) is 2.04.